The summed E-state index contributed by atoms with van der Waals surface area (Å²) in [6, 6.07) is 0. The van der Waals surface area contributed by atoms with Crippen molar-refractivity contribution in [1.82, 2.24) is 4.90 Å². The molecule has 1 saturated heterocycles. The molecule has 2 aliphatic rings. The van der Waals surface area contributed by atoms with Gasteiger partial charge >= 0.3 is 0 Å². The highest BCUT2D eigenvalue weighted by molar-refractivity contribution is 7.81. The summed E-state index contributed by atoms with van der Waals surface area (Å²) in [5, 5.41) is 0.611. The summed E-state index contributed by atoms with van der Waals surface area (Å²) in [6.07, 6.45) is 10.4. The highest BCUT2D eigenvalue weighted by Gasteiger charge is 2.19. The summed E-state index contributed by atoms with van der Waals surface area (Å²) < 4.78 is 0. The summed E-state index contributed by atoms with van der Waals surface area (Å²) in [6.45, 7) is 3.57. The van der Waals surface area contributed by atoms with Gasteiger partial charge in [0.2, 0.25) is 0 Å². The van der Waals surface area contributed by atoms with Crippen LogP contribution in [0, 0.1) is 0 Å². The second-order valence-corrected chi connectivity index (χ2v) is 4.70. The molecular formula is C11H17NS. The minimum Gasteiger partial charge on any atom is -0.298 e. The number of nitrogens with zero attached hydrogens (tertiary/aromatic N) is 1. The van der Waals surface area contributed by atoms with E-state index in [2.05, 4.69) is 35.8 Å². The Morgan fingerprint density at radius 2 is 2.46 bits per heavy atom. The number of hydrogen-bond donors (Lipinski definition) is 1. The fraction of sp³-hybridized carbons (Fsp3) is 0.636. The molecule has 0 saturated carbocycles. The van der Waals surface area contributed by atoms with Gasteiger partial charge in [-0.05, 0) is 25.8 Å². The van der Waals surface area contributed by atoms with Crippen LogP contribution in [0.25, 0.3) is 0 Å². The number of likely N-dealkylation sites (tertiary alicyclic amines) is 1. The molecule has 0 aromatic carbocycles. The smallest absolute Gasteiger partial charge is 0.0196 e. The van der Waals surface area contributed by atoms with E-state index in [0.29, 0.717) is 5.25 Å². The number of allylic oxidation sites excluding steroid dienone is 3. The molecule has 2 heteroatoms. The van der Waals surface area contributed by atoms with Crippen LogP contribution < -0.4 is 0 Å². The summed E-state index contributed by atoms with van der Waals surface area (Å²) in [5.74, 6) is 0. The van der Waals surface area contributed by atoms with Gasteiger partial charge in [0.25, 0.3) is 0 Å². The van der Waals surface area contributed by atoms with Crippen molar-refractivity contribution in [2.24, 2.45) is 0 Å². The third-order valence-electron chi connectivity index (χ3n) is 2.77. The zero-order valence-corrected chi connectivity index (χ0v) is 8.84. The maximum Gasteiger partial charge on any atom is 0.0196 e. The number of hydrogen-bond acceptors (Lipinski definition) is 2. The molecule has 0 N–H and O–H groups in total. The first-order chi connectivity index (χ1) is 6.34. The second-order valence-electron chi connectivity index (χ2n) is 3.97. The van der Waals surface area contributed by atoms with Crippen LogP contribution >= 0.6 is 12.6 Å². The number of thiol groups is 1. The van der Waals surface area contributed by atoms with Crippen LogP contribution in [0.3, 0.4) is 0 Å². The van der Waals surface area contributed by atoms with E-state index < -0.39 is 0 Å². The van der Waals surface area contributed by atoms with Crippen LogP contribution in [0.1, 0.15) is 19.3 Å². The predicted molar refractivity (Wildman–Crippen MR) is 60.3 cm³/mol. The highest BCUT2D eigenvalue weighted by atomic mass is 32.1. The lowest BCUT2D eigenvalue weighted by Gasteiger charge is -2.18. The minimum absolute atomic E-state index is 0.611. The molecule has 1 nitrogen and oxygen atoms in total. The standard InChI is InChI=1S/C11H17NS/c13-11-6-7-12(9-11)8-10-4-2-1-3-5-10/h1-2,4,11,13H,3,5-9H2. The molecule has 1 heterocycles. The number of rotatable bonds is 2. The molecule has 72 valence electrons. The van der Waals surface area contributed by atoms with Gasteiger partial charge < -0.3 is 0 Å². The molecule has 1 fully saturated rings. The van der Waals surface area contributed by atoms with Crippen LogP contribution in [0.5, 0.6) is 0 Å². The lowest BCUT2D eigenvalue weighted by molar-refractivity contribution is 0.365. The van der Waals surface area contributed by atoms with Gasteiger partial charge in [-0.1, -0.05) is 23.8 Å². The zero-order chi connectivity index (χ0) is 9.10. The Bertz CT molecular complexity index is 232. The van der Waals surface area contributed by atoms with E-state index in [1.54, 1.807) is 5.57 Å². The van der Waals surface area contributed by atoms with Crippen molar-refractivity contribution < 1.29 is 0 Å². The van der Waals surface area contributed by atoms with Crippen LogP contribution in [-0.4, -0.2) is 29.8 Å². The van der Waals surface area contributed by atoms with E-state index in [4.69, 9.17) is 0 Å². The van der Waals surface area contributed by atoms with Crippen molar-refractivity contribution in [3.05, 3.63) is 23.8 Å². The lowest BCUT2D eigenvalue weighted by Crippen LogP contribution is -2.23. The van der Waals surface area contributed by atoms with E-state index in [9.17, 15) is 0 Å². The van der Waals surface area contributed by atoms with E-state index in [-0.39, 0.29) is 0 Å². The van der Waals surface area contributed by atoms with Crippen LogP contribution in [0.15, 0.2) is 23.8 Å². The van der Waals surface area contributed by atoms with E-state index in [1.165, 1.54) is 38.9 Å². The fourth-order valence-corrected chi connectivity index (χ4v) is 2.37. The first-order valence-electron chi connectivity index (χ1n) is 5.09. The average Bonchev–Trinajstić information content (AvgIpc) is 2.53. The third kappa shape index (κ3) is 2.61. The Morgan fingerprint density at radius 1 is 1.54 bits per heavy atom. The first kappa shape index (κ1) is 9.35. The van der Waals surface area contributed by atoms with Gasteiger partial charge in [0.15, 0.2) is 0 Å². The van der Waals surface area contributed by atoms with Gasteiger partial charge in [-0.3, -0.25) is 4.90 Å². The van der Waals surface area contributed by atoms with Crippen molar-refractivity contribution in [2.45, 2.75) is 24.5 Å². The SMILES string of the molecule is SC1CCN(CC2=CC=CCC2)C1. The molecule has 0 spiro atoms. The largest absolute Gasteiger partial charge is 0.298 e. The molecule has 0 radical (unpaired) electrons. The normalized spacial score (nSPS) is 29.3. The molecule has 13 heavy (non-hydrogen) atoms. The Hall–Kier alpha value is -0.210. The molecule has 0 aromatic heterocycles. The van der Waals surface area contributed by atoms with Crippen molar-refractivity contribution >= 4 is 12.6 Å². The molecule has 1 aliphatic heterocycles. The Kier molecular flexibility index (Phi) is 3.12. The van der Waals surface area contributed by atoms with Crippen LogP contribution in [-0.2, 0) is 0 Å². The van der Waals surface area contributed by atoms with Gasteiger partial charge in [-0.15, -0.1) is 0 Å². The third-order valence-corrected chi connectivity index (χ3v) is 3.20. The van der Waals surface area contributed by atoms with E-state index >= 15 is 0 Å². The van der Waals surface area contributed by atoms with Crippen molar-refractivity contribution in [1.29, 1.82) is 0 Å². The maximum atomic E-state index is 4.49. The topological polar surface area (TPSA) is 3.24 Å². The molecule has 0 amide bonds. The van der Waals surface area contributed by atoms with Crippen molar-refractivity contribution in [3.63, 3.8) is 0 Å². The van der Waals surface area contributed by atoms with Crippen LogP contribution in [0.2, 0.25) is 0 Å². The molecule has 1 atom stereocenters. The van der Waals surface area contributed by atoms with Gasteiger partial charge in [0, 0.05) is 18.3 Å². The lowest BCUT2D eigenvalue weighted by atomic mass is 10.1. The van der Waals surface area contributed by atoms with Crippen molar-refractivity contribution in [2.75, 3.05) is 19.6 Å². The van der Waals surface area contributed by atoms with E-state index in [1.807, 2.05) is 0 Å². The molecule has 0 bridgehead atoms. The van der Waals surface area contributed by atoms with Gasteiger partial charge in [0.05, 0.1) is 0 Å². The van der Waals surface area contributed by atoms with Gasteiger partial charge in [-0.2, -0.15) is 12.6 Å². The Morgan fingerprint density at radius 3 is 3.08 bits per heavy atom. The maximum absolute atomic E-state index is 4.49. The summed E-state index contributed by atoms with van der Waals surface area (Å²) >= 11 is 4.49. The Balaban J connectivity index is 1.84. The zero-order valence-electron chi connectivity index (χ0n) is 7.95. The molecular weight excluding hydrogens is 178 g/mol. The molecule has 0 aromatic rings. The monoisotopic (exact) mass is 195 g/mol. The summed E-state index contributed by atoms with van der Waals surface area (Å²) in [4.78, 5) is 2.52. The Labute approximate surface area is 85.9 Å². The van der Waals surface area contributed by atoms with Crippen LogP contribution in [0.4, 0.5) is 0 Å². The molecule has 2 rings (SSSR count). The quantitative estimate of drug-likeness (QED) is 0.662. The summed E-state index contributed by atoms with van der Waals surface area (Å²) in [5.41, 5.74) is 1.59. The van der Waals surface area contributed by atoms with E-state index in [0.717, 1.165) is 0 Å². The highest BCUT2D eigenvalue weighted by Crippen LogP contribution is 2.18. The predicted octanol–water partition coefficient (Wildman–Crippen LogP) is 2.27. The van der Waals surface area contributed by atoms with Gasteiger partial charge in [0.1, 0.15) is 0 Å². The summed E-state index contributed by atoms with van der Waals surface area (Å²) in [7, 11) is 0. The van der Waals surface area contributed by atoms with Gasteiger partial charge in [-0.25, -0.2) is 0 Å². The molecule has 1 unspecified atom stereocenters. The molecule has 1 aliphatic carbocycles. The van der Waals surface area contributed by atoms with Crippen molar-refractivity contribution in [3.8, 4) is 0 Å². The second kappa shape index (κ2) is 4.34. The average molecular weight is 195 g/mol. The first-order valence-corrected chi connectivity index (χ1v) is 5.61. The fourth-order valence-electron chi connectivity index (χ4n) is 2.03. The minimum atomic E-state index is 0.611.